The third-order valence-electron chi connectivity index (χ3n) is 3.30. The van der Waals surface area contributed by atoms with Gasteiger partial charge < -0.3 is 10.5 Å². The molecule has 0 atom stereocenters. The van der Waals surface area contributed by atoms with Gasteiger partial charge in [-0.3, -0.25) is 0 Å². The van der Waals surface area contributed by atoms with Crippen LogP contribution in [0.2, 0.25) is 0 Å². The number of nitrogens with two attached hydrogens (primary N) is 1. The molecule has 5 nitrogen and oxygen atoms in total. The van der Waals surface area contributed by atoms with Gasteiger partial charge in [-0.15, -0.1) is 12.4 Å². The number of rotatable bonds is 7. The second kappa shape index (κ2) is 8.42. The molecular weight excluding hydrogens is 288 g/mol. The molecule has 3 N–H and O–H groups in total. The van der Waals surface area contributed by atoms with E-state index < -0.39 is 10.0 Å². The van der Waals surface area contributed by atoms with Crippen LogP contribution >= 0.6 is 12.4 Å². The van der Waals surface area contributed by atoms with E-state index in [-0.39, 0.29) is 36.4 Å². The second-order valence-corrected chi connectivity index (χ2v) is 7.41. The normalized spacial score (nSPS) is 19.2. The maximum absolute atomic E-state index is 11.8. The molecule has 0 bridgehead atoms. The molecule has 0 aromatic carbocycles. The summed E-state index contributed by atoms with van der Waals surface area (Å²) in [6.45, 7) is 4.34. The van der Waals surface area contributed by atoms with Gasteiger partial charge in [-0.05, 0) is 26.7 Å². The van der Waals surface area contributed by atoms with E-state index in [2.05, 4.69) is 4.72 Å². The van der Waals surface area contributed by atoms with Crippen molar-refractivity contribution in [3.05, 3.63) is 0 Å². The van der Waals surface area contributed by atoms with E-state index in [1.807, 2.05) is 13.8 Å². The van der Waals surface area contributed by atoms with Crippen molar-refractivity contribution in [3.8, 4) is 0 Å². The Kier molecular flexibility index (Phi) is 8.47. The third-order valence-corrected chi connectivity index (χ3v) is 4.59. The van der Waals surface area contributed by atoms with Crippen LogP contribution < -0.4 is 10.5 Å². The van der Waals surface area contributed by atoms with Gasteiger partial charge >= 0.3 is 0 Å². The highest BCUT2D eigenvalue weighted by Crippen LogP contribution is 2.25. The molecular formula is C12H27ClN2O3S. The SMILES string of the molecule is CC(C)OCCS(=O)(=O)NCC1(N)CCCCC1.Cl. The summed E-state index contributed by atoms with van der Waals surface area (Å²) in [4.78, 5) is 0. The van der Waals surface area contributed by atoms with Gasteiger partial charge in [0.05, 0.1) is 18.5 Å². The van der Waals surface area contributed by atoms with E-state index in [0.29, 0.717) is 6.54 Å². The summed E-state index contributed by atoms with van der Waals surface area (Å²) in [5.74, 6) is 0.00125. The number of hydrogen-bond acceptors (Lipinski definition) is 4. The first-order chi connectivity index (χ1) is 8.33. The largest absolute Gasteiger partial charge is 0.378 e. The van der Waals surface area contributed by atoms with Crippen molar-refractivity contribution >= 4 is 22.4 Å². The summed E-state index contributed by atoms with van der Waals surface area (Å²) in [7, 11) is -3.27. The Balaban J connectivity index is 0.00000324. The van der Waals surface area contributed by atoms with Crippen LogP contribution in [0.15, 0.2) is 0 Å². The van der Waals surface area contributed by atoms with Gasteiger partial charge in [-0.2, -0.15) is 0 Å². The topological polar surface area (TPSA) is 81.4 Å². The first-order valence-electron chi connectivity index (χ1n) is 6.71. The van der Waals surface area contributed by atoms with Crippen molar-refractivity contribution in [1.82, 2.24) is 4.72 Å². The van der Waals surface area contributed by atoms with Gasteiger partial charge in [-0.1, -0.05) is 19.3 Å². The van der Waals surface area contributed by atoms with Gasteiger partial charge in [0.25, 0.3) is 0 Å². The van der Waals surface area contributed by atoms with Gasteiger partial charge in [0.2, 0.25) is 10.0 Å². The Morgan fingerprint density at radius 3 is 2.37 bits per heavy atom. The van der Waals surface area contributed by atoms with Gasteiger partial charge in [0.1, 0.15) is 0 Å². The molecule has 19 heavy (non-hydrogen) atoms. The van der Waals surface area contributed by atoms with Crippen LogP contribution in [0.1, 0.15) is 46.0 Å². The summed E-state index contributed by atoms with van der Waals surface area (Å²) in [6, 6.07) is 0. The monoisotopic (exact) mass is 314 g/mol. The lowest BCUT2D eigenvalue weighted by Gasteiger charge is -2.33. The van der Waals surface area contributed by atoms with Crippen LogP contribution in [0.3, 0.4) is 0 Å². The number of ether oxygens (including phenoxy) is 1. The van der Waals surface area contributed by atoms with Crippen LogP contribution in [0.4, 0.5) is 0 Å². The Morgan fingerprint density at radius 1 is 1.26 bits per heavy atom. The molecule has 116 valence electrons. The lowest BCUT2D eigenvalue weighted by Crippen LogP contribution is -2.51. The lowest BCUT2D eigenvalue weighted by atomic mass is 9.83. The van der Waals surface area contributed by atoms with Crippen LogP contribution in [-0.4, -0.2) is 39.0 Å². The minimum atomic E-state index is -3.27. The molecule has 0 aliphatic heterocycles. The molecule has 1 saturated carbocycles. The molecule has 0 aromatic heterocycles. The summed E-state index contributed by atoms with van der Waals surface area (Å²) in [6.07, 6.45) is 5.24. The minimum Gasteiger partial charge on any atom is -0.378 e. The highest BCUT2D eigenvalue weighted by Gasteiger charge is 2.28. The molecule has 1 rings (SSSR count). The Hall–Kier alpha value is 0.120. The molecule has 1 fully saturated rings. The van der Waals surface area contributed by atoms with E-state index in [0.717, 1.165) is 25.7 Å². The predicted octanol–water partition coefficient (Wildman–Crippen LogP) is 1.41. The van der Waals surface area contributed by atoms with Crippen LogP contribution in [0, 0.1) is 0 Å². The smallest absolute Gasteiger partial charge is 0.213 e. The van der Waals surface area contributed by atoms with Crippen molar-refractivity contribution in [2.75, 3.05) is 18.9 Å². The average molecular weight is 315 g/mol. The maximum Gasteiger partial charge on any atom is 0.213 e. The molecule has 0 heterocycles. The Bertz CT molecular complexity index is 341. The summed E-state index contributed by atoms with van der Waals surface area (Å²) < 4.78 is 31.4. The summed E-state index contributed by atoms with van der Waals surface area (Å²) >= 11 is 0. The fourth-order valence-electron chi connectivity index (χ4n) is 2.15. The molecule has 0 unspecified atom stereocenters. The summed E-state index contributed by atoms with van der Waals surface area (Å²) in [5.41, 5.74) is 5.83. The molecule has 0 spiro atoms. The molecule has 0 amide bonds. The molecule has 1 aliphatic carbocycles. The zero-order chi connectivity index (χ0) is 13.6. The van der Waals surface area contributed by atoms with Gasteiger partial charge in [-0.25, -0.2) is 13.1 Å². The van der Waals surface area contributed by atoms with E-state index in [9.17, 15) is 8.42 Å². The number of sulfonamides is 1. The zero-order valence-corrected chi connectivity index (χ0v) is 13.5. The second-order valence-electron chi connectivity index (χ2n) is 5.48. The standard InChI is InChI=1S/C12H26N2O3S.ClH/c1-11(2)17-8-9-18(15,16)14-10-12(13)6-4-3-5-7-12;/h11,14H,3-10,13H2,1-2H3;1H. The third kappa shape index (κ3) is 8.09. The fourth-order valence-corrected chi connectivity index (χ4v) is 3.12. The van der Waals surface area contributed by atoms with Gasteiger partial charge in [0.15, 0.2) is 0 Å². The van der Waals surface area contributed by atoms with Gasteiger partial charge in [0, 0.05) is 12.1 Å². The number of nitrogens with one attached hydrogen (secondary N) is 1. The zero-order valence-electron chi connectivity index (χ0n) is 11.9. The molecule has 1 aliphatic rings. The highest BCUT2D eigenvalue weighted by molar-refractivity contribution is 7.89. The van der Waals surface area contributed by atoms with Crippen LogP contribution in [0.25, 0.3) is 0 Å². The predicted molar refractivity (Wildman–Crippen MR) is 80.1 cm³/mol. The number of halogens is 1. The highest BCUT2D eigenvalue weighted by atomic mass is 35.5. The van der Waals surface area contributed by atoms with E-state index >= 15 is 0 Å². The van der Waals surface area contributed by atoms with E-state index in [4.69, 9.17) is 10.5 Å². The van der Waals surface area contributed by atoms with Crippen LogP contribution in [-0.2, 0) is 14.8 Å². The minimum absolute atomic E-state index is 0. The molecule has 0 aromatic rings. The van der Waals surface area contributed by atoms with Crippen molar-refractivity contribution < 1.29 is 13.2 Å². The first-order valence-corrected chi connectivity index (χ1v) is 8.36. The quantitative estimate of drug-likeness (QED) is 0.744. The van der Waals surface area contributed by atoms with Crippen molar-refractivity contribution in [2.45, 2.75) is 57.6 Å². The molecule has 0 radical (unpaired) electrons. The average Bonchev–Trinajstić information content (AvgIpc) is 2.27. The van der Waals surface area contributed by atoms with Crippen molar-refractivity contribution in [3.63, 3.8) is 0 Å². The maximum atomic E-state index is 11.8. The number of hydrogen-bond donors (Lipinski definition) is 2. The lowest BCUT2D eigenvalue weighted by molar-refractivity contribution is 0.0911. The molecule has 0 saturated heterocycles. The fraction of sp³-hybridized carbons (Fsp3) is 1.00. The Morgan fingerprint density at radius 2 is 1.84 bits per heavy atom. The van der Waals surface area contributed by atoms with E-state index in [1.54, 1.807) is 0 Å². The summed E-state index contributed by atoms with van der Waals surface area (Å²) in [5, 5.41) is 0. The van der Waals surface area contributed by atoms with Crippen LogP contribution in [0.5, 0.6) is 0 Å². The van der Waals surface area contributed by atoms with Crippen molar-refractivity contribution in [1.29, 1.82) is 0 Å². The van der Waals surface area contributed by atoms with Crippen molar-refractivity contribution in [2.24, 2.45) is 5.73 Å². The Labute approximate surface area is 123 Å². The van der Waals surface area contributed by atoms with E-state index in [1.165, 1.54) is 6.42 Å². The molecule has 7 heteroatoms. The first kappa shape index (κ1) is 19.1.